The van der Waals surface area contributed by atoms with Gasteiger partial charge in [-0.1, -0.05) is 36.4 Å². The van der Waals surface area contributed by atoms with Gasteiger partial charge in [-0.05, 0) is 43.3 Å². The third-order valence-corrected chi connectivity index (χ3v) is 3.89. The van der Waals surface area contributed by atoms with Crippen molar-refractivity contribution in [3.05, 3.63) is 84.4 Å². The SMILES string of the molecule is CCOc1ccccc1C(=O)Nc1cccc(OCCOc2ccccc2)c1. The van der Waals surface area contributed by atoms with Crippen molar-refractivity contribution in [1.29, 1.82) is 0 Å². The van der Waals surface area contributed by atoms with Crippen molar-refractivity contribution in [2.24, 2.45) is 0 Å². The average molecular weight is 377 g/mol. The minimum Gasteiger partial charge on any atom is -0.493 e. The van der Waals surface area contributed by atoms with E-state index in [-0.39, 0.29) is 5.91 Å². The molecule has 144 valence electrons. The largest absolute Gasteiger partial charge is 0.493 e. The molecular weight excluding hydrogens is 354 g/mol. The van der Waals surface area contributed by atoms with Crippen molar-refractivity contribution >= 4 is 11.6 Å². The number of carbonyl (C=O) groups excluding carboxylic acids is 1. The maximum absolute atomic E-state index is 12.6. The molecule has 0 aliphatic heterocycles. The standard InChI is InChI=1S/C23H23NO4/c1-2-26-22-14-7-6-13-21(22)23(25)24-18-9-8-12-20(17-18)28-16-15-27-19-10-4-3-5-11-19/h3-14,17H,2,15-16H2,1H3,(H,24,25). The third kappa shape index (κ3) is 5.51. The normalized spacial score (nSPS) is 10.2. The molecule has 5 nitrogen and oxygen atoms in total. The molecule has 1 amide bonds. The highest BCUT2D eigenvalue weighted by Crippen LogP contribution is 2.22. The summed E-state index contributed by atoms with van der Waals surface area (Å²) in [5.41, 5.74) is 1.14. The molecular formula is C23H23NO4. The van der Waals surface area contributed by atoms with Gasteiger partial charge >= 0.3 is 0 Å². The van der Waals surface area contributed by atoms with Crippen LogP contribution in [0.15, 0.2) is 78.9 Å². The van der Waals surface area contributed by atoms with Gasteiger partial charge in [0.1, 0.15) is 30.5 Å². The molecule has 0 spiro atoms. The third-order valence-electron chi connectivity index (χ3n) is 3.89. The Morgan fingerprint density at radius 3 is 2.25 bits per heavy atom. The minimum absolute atomic E-state index is 0.228. The number of nitrogens with one attached hydrogen (secondary N) is 1. The van der Waals surface area contributed by atoms with Crippen LogP contribution < -0.4 is 19.5 Å². The lowest BCUT2D eigenvalue weighted by Crippen LogP contribution is -2.14. The topological polar surface area (TPSA) is 56.8 Å². The van der Waals surface area contributed by atoms with Crippen LogP contribution in [0.5, 0.6) is 17.2 Å². The van der Waals surface area contributed by atoms with E-state index in [1.807, 2.05) is 67.6 Å². The van der Waals surface area contributed by atoms with Gasteiger partial charge in [0, 0.05) is 11.8 Å². The summed E-state index contributed by atoms with van der Waals surface area (Å²) in [5.74, 6) is 1.80. The first kappa shape index (κ1) is 19.3. The smallest absolute Gasteiger partial charge is 0.259 e. The molecule has 0 saturated carbocycles. The van der Waals surface area contributed by atoms with Crippen LogP contribution in [-0.4, -0.2) is 25.7 Å². The van der Waals surface area contributed by atoms with Crippen LogP contribution in [0.1, 0.15) is 17.3 Å². The second-order valence-corrected chi connectivity index (χ2v) is 5.92. The van der Waals surface area contributed by atoms with Crippen LogP contribution in [0.4, 0.5) is 5.69 Å². The number of hydrogen-bond donors (Lipinski definition) is 1. The van der Waals surface area contributed by atoms with Crippen molar-refractivity contribution in [3.8, 4) is 17.2 Å². The lowest BCUT2D eigenvalue weighted by Gasteiger charge is -2.12. The van der Waals surface area contributed by atoms with Gasteiger partial charge < -0.3 is 19.5 Å². The Hall–Kier alpha value is -3.47. The number of anilines is 1. The molecule has 0 radical (unpaired) electrons. The highest BCUT2D eigenvalue weighted by molar-refractivity contribution is 6.06. The van der Waals surface area contributed by atoms with Crippen molar-refractivity contribution in [3.63, 3.8) is 0 Å². The summed E-state index contributed by atoms with van der Waals surface area (Å²) in [4.78, 5) is 12.6. The molecule has 0 bridgehead atoms. The van der Waals surface area contributed by atoms with Crippen LogP contribution in [0.2, 0.25) is 0 Å². The summed E-state index contributed by atoms with van der Waals surface area (Å²) >= 11 is 0. The Balaban J connectivity index is 1.55. The van der Waals surface area contributed by atoms with E-state index in [2.05, 4.69) is 5.32 Å². The zero-order chi connectivity index (χ0) is 19.6. The monoisotopic (exact) mass is 377 g/mol. The van der Waals surface area contributed by atoms with E-state index in [9.17, 15) is 4.79 Å². The van der Waals surface area contributed by atoms with E-state index in [0.29, 0.717) is 42.6 Å². The summed E-state index contributed by atoms with van der Waals surface area (Å²) in [6.07, 6.45) is 0. The number of carbonyl (C=O) groups is 1. The first-order chi connectivity index (χ1) is 13.8. The fraction of sp³-hybridized carbons (Fsp3) is 0.174. The fourth-order valence-corrected chi connectivity index (χ4v) is 2.63. The number of rotatable bonds is 9. The van der Waals surface area contributed by atoms with Crippen LogP contribution in [0.3, 0.4) is 0 Å². The van der Waals surface area contributed by atoms with Crippen molar-refractivity contribution < 1.29 is 19.0 Å². The average Bonchev–Trinajstić information content (AvgIpc) is 2.73. The molecule has 0 fully saturated rings. The molecule has 0 aromatic heterocycles. The Kier molecular flexibility index (Phi) is 6.90. The van der Waals surface area contributed by atoms with E-state index in [4.69, 9.17) is 14.2 Å². The fourth-order valence-electron chi connectivity index (χ4n) is 2.63. The molecule has 1 N–H and O–H groups in total. The highest BCUT2D eigenvalue weighted by atomic mass is 16.5. The Morgan fingerprint density at radius 2 is 1.46 bits per heavy atom. The predicted octanol–water partition coefficient (Wildman–Crippen LogP) is 4.80. The van der Waals surface area contributed by atoms with Crippen LogP contribution >= 0.6 is 0 Å². The predicted molar refractivity (Wildman–Crippen MR) is 109 cm³/mol. The van der Waals surface area contributed by atoms with Gasteiger partial charge in [-0.3, -0.25) is 4.79 Å². The van der Waals surface area contributed by atoms with Gasteiger partial charge in [-0.2, -0.15) is 0 Å². The van der Waals surface area contributed by atoms with E-state index < -0.39 is 0 Å². The lowest BCUT2D eigenvalue weighted by molar-refractivity contribution is 0.102. The number of amides is 1. The number of ether oxygens (including phenoxy) is 3. The van der Waals surface area contributed by atoms with Crippen molar-refractivity contribution in [2.45, 2.75) is 6.92 Å². The Bertz CT molecular complexity index is 896. The van der Waals surface area contributed by atoms with E-state index in [1.54, 1.807) is 18.2 Å². The molecule has 3 rings (SSSR count). The van der Waals surface area contributed by atoms with Crippen LogP contribution in [-0.2, 0) is 0 Å². The molecule has 0 unspecified atom stereocenters. The Labute approximate surface area is 164 Å². The zero-order valence-electron chi connectivity index (χ0n) is 15.8. The number of hydrogen-bond acceptors (Lipinski definition) is 4. The summed E-state index contributed by atoms with van der Waals surface area (Å²) < 4.78 is 16.8. The molecule has 28 heavy (non-hydrogen) atoms. The molecule has 3 aromatic rings. The maximum atomic E-state index is 12.6. The summed E-state index contributed by atoms with van der Waals surface area (Å²) in [7, 11) is 0. The van der Waals surface area contributed by atoms with E-state index in [1.165, 1.54) is 0 Å². The van der Waals surface area contributed by atoms with Gasteiger partial charge in [-0.25, -0.2) is 0 Å². The number of benzene rings is 3. The van der Waals surface area contributed by atoms with E-state index >= 15 is 0 Å². The molecule has 5 heteroatoms. The molecule has 0 atom stereocenters. The summed E-state index contributed by atoms with van der Waals surface area (Å²) in [6.45, 7) is 3.22. The minimum atomic E-state index is -0.228. The van der Waals surface area contributed by atoms with Gasteiger partial charge in [0.15, 0.2) is 0 Å². The quantitative estimate of drug-likeness (QED) is 0.545. The summed E-state index contributed by atoms with van der Waals surface area (Å²) in [6, 6.07) is 24.0. The summed E-state index contributed by atoms with van der Waals surface area (Å²) in [5, 5.41) is 2.88. The zero-order valence-corrected chi connectivity index (χ0v) is 15.8. The highest BCUT2D eigenvalue weighted by Gasteiger charge is 2.12. The first-order valence-electron chi connectivity index (χ1n) is 9.20. The van der Waals surface area contributed by atoms with Crippen LogP contribution in [0, 0.1) is 0 Å². The van der Waals surface area contributed by atoms with Gasteiger partial charge in [0.05, 0.1) is 12.2 Å². The maximum Gasteiger partial charge on any atom is 0.259 e. The second kappa shape index (κ2) is 10.0. The number of para-hydroxylation sites is 2. The molecule has 3 aromatic carbocycles. The van der Waals surface area contributed by atoms with Crippen molar-refractivity contribution in [2.75, 3.05) is 25.1 Å². The van der Waals surface area contributed by atoms with Crippen molar-refractivity contribution in [1.82, 2.24) is 0 Å². The van der Waals surface area contributed by atoms with Gasteiger partial charge in [-0.15, -0.1) is 0 Å². The van der Waals surface area contributed by atoms with E-state index in [0.717, 1.165) is 5.75 Å². The Morgan fingerprint density at radius 1 is 0.786 bits per heavy atom. The molecule has 0 heterocycles. The second-order valence-electron chi connectivity index (χ2n) is 5.92. The van der Waals surface area contributed by atoms with Gasteiger partial charge in [0.2, 0.25) is 0 Å². The van der Waals surface area contributed by atoms with Crippen LogP contribution in [0.25, 0.3) is 0 Å². The lowest BCUT2D eigenvalue weighted by atomic mass is 10.2. The molecule has 0 aliphatic carbocycles. The van der Waals surface area contributed by atoms with Gasteiger partial charge in [0.25, 0.3) is 5.91 Å². The molecule has 0 aliphatic rings. The molecule has 0 saturated heterocycles. The first-order valence-corrected chi connectivity index (χ1v) is 9.20.